The maximum Gasteiger partial charge on any atom is 0.0678 e. The van der Waals surface area contributed by atoms with Crippen LogP contribution in [0.2, 0.25) is 0 Å². The smallest absolute Gasteiger partial charge is 0.0678 e. The van der Waals surface area contributed by atoms with Crippen LogP contribution >= 0.6 is 0 Å². The molecule has 1 saturated carbocycles. The van der Waals surface area contributed by atoms with Gasteiger partial charge in [-0.1, -0.05) is 32.6 Å². The molecular weight excluding hydrogens is 260 g/mol. The molecule has 1 aliphatic carbocycles. The lowest BCUT2D eigenvalue weighted by molar-refractivity contribution is -0.0788. The number of ether oxygens (including phenoxy) is 1. The molecule has 0 amide bonds. The molecule has 2 unspecified atom stereocenters. The van der Waals surface area contributed by atoms with Crippen molar-refractivity contribution in [1.29, 1.82) is 0 Å². The molecule has 2 atom stereocenters. The highest BCUT2D eigenvalue weighted by atomic mass is 16.5. The van der Waals surface area contributed by atoms with E-state index in [4.69, 9.17) is 4.74 Å². The summed E-state index contributed by atoms with van der Waals surface area (Å²) in [7, 11) is 0. The van der Waals surface area contributed by atoms with Crippen molar-refractivity contribution < 1.29 is 4.74 Å². The number of hydrogen-bond acceptors (Lipinski definition) is 3. The second-order valence-corrected chi connectivity index (χ2v) is 7.54. The minimum atomic E-state index is 0.389. The molecular formula is C18H36N2O. The van der Waals surface area contributed by atoms with Gasteiger partial charge in [0.25, 0.3) is 0 Å². The Hall–Kier alpha value is -0.120. The second kappa shape index (κ2) is 8.50. The largest absolute Gasteiger partial charge is 0.373 e. The monoisotopic (exact) mass is 296 g/mol. The third-order valence-corrected chi connectivity index (χ3v) is 5.15. The molecule has 1 N–H and O–H groups in total. The van der Waals surface area contributed by atoms with Crippen LogP contribution in [-0.2, 0) is 4.74 Å². The van der Waals surface area contributed by atoms with Gasteiger partial charge in [-0.2, -0.15) is 0 Å². The zero-order valence-corrected chi connectivity index (χ0v) is 14.5. The van der Waals surface area contributed by atoms with Gasteiger partial charge in [-0.25, -0.2) is 0 Å². The standard InChI is InChI=1S/C18H36N2O/c1-4-11-19-14-18(9-7-5-6-8-10-18)15-20-12-16(2)21-17(3)13-20/h16-17,19H,4-15H2,1-3H3. The lowest BCUT2D eigenvalue weighted by atomic mass is 9.79. The van der Waals surface area contributed by atoms with Gasteiger partial charge in [0, 0.05) is 26.2 Å². The fraction of sp³-hybridized carbons (Fsp3) is 1.00. The summed E-state index contributed by atoms with van der Waals surface area (Å²) >= 11 is 0. The van der Waals surface area contributed by atoms with Gasteiger partial charge in [0.2, 0.25) is 0 Å². The summed E-state index contributed by atoms with van der Waals surface area (Å²) in [6, 6.07) is 0. The predicted molar refractivity (Wildman–Crippen MR) is 89.7 cm³/mol. The molecule has 1 heterocycles. The lowest BCUT2D eigenvalue weighted by Crippen LogP contribution is -2.51. The first kappa shape index (κ1) is 17.2. The first-order valence-electron chi connectivity index (χ1n) is 9.22. The van der Waals surface area contributed by atoms with E-state index in [1.807, 2.05) is 0 Å². The Morgan fingerprint density at radius 2 is 1.67 bits per heavy atom. The SMILES string of the molecule is CCCNCC1(CN2CC(C)OC(C)C2)CCCCCC1. The average Bonchev–Trinajstić information content (AvgIpc) is 2.64. The summed E-state index contributed by atoms with van der Waals surface area (Å²) < 4.78 is 5.90. The maximum atomic E-state index is 5.90. The number of nitrogens with one attached hydrogen (secondary N) is 1. The van der Waals surface area contributed by atoms with Gasteiger partial charge in [-0.3, -0.25) is 4.90 Å². The minimum absolute atomic E-state index is 0.389. The summed E-state index contributed by atoms with van der Waals surface area (Å²) in [5.74, 6) is 0. The van der Waals surface area contributed by atoms with Crippen LogP contribution in [0.4, 0.5) is 0 Å². The number of hydrogen-bond donors (Lipinski definition) is 1. The van der Waals surface area contributed by atoms with E-state index in [9.17, 15) is 0 Å². The van der Waals surface area contributed by atoms with Crippen molar-refractivity contribution in [3.8, 4) is 0 Å². The zero-order chi connectivity index (χ0) is 15.1. The molecule has 2 fully saturated rings. The molecule has 0 aromatic rings. The summed E-state index contributed by atoms with van der Waals surface area (Å²) in [5.41, 5.74) is 0.502. The summed E-state index contributed by atoms with van der Waals surface area (Å²) in [6.45, 7) is 12.6. The minimum Gasteiger partial charge on any atom is -0.373 e. The number of morpholine rings is 1. The summed E-state index contributed by atoms with van der Waals surface area (Å²) in [4.78, 5) is 2.68. The third-order valence-electron chi connectivity index (χ3n) is 5.15. The van der Waals surface area contributed by atoms with Crippen molar-refractivity contribution in [1.82, 2.24) is 10.2 Å². The molecule has 2 aliphatic rings. The van der Waals surface area contributed by atoms with E-state index in [0.717, 1.165) is 19.6 Å². The Labute approximate surface area is 131 Å². The quantitative estimate of drug-likeness (QED) is 0.600. The molecule has 124 valence electrons. The van der Waals surface area contributed by atoms with Crippen LogP contribution in [-0.4, -0.2) is 49.8 Å². The zero-order valence-electron chi connectivity index (χ0n) is 14.5. The van der Waals surface area contributed by atoms with Gasteiger partial charge >= 0.3 is 0 Å². The van der Waals surface area contributed by atoms with Crippen molar-refractivity contribution >= 4 is 0 Å². The molecule has 0 aromatic carbocycles. The first-order valence-corrected chi connectivity index (χ1v) is 9.22. The highest BCUT2D eigenvalue weighted by molar-refractivity contribution is 4.88. The van der Waals surface area contributed by atoms with Gasteiger partial charge in [0.05, 0.1) is 12.2 Å². The lowest BCUT2D eigenvalue weighted by Gasteiger charge is -2.42. The highest BCUT2D eigenvalue weighted by Gasteiger charge is 2.34. The van der Waals surface area contributed by atoms with Crippen molar-refractivity contribution in [3.05, 3.63) is 0 Å². The molecule has 1 aliphatic heterocycles. The third kappa shape index (κ3) is 5.54. The Morgan fingerprint density at radius 1 is 1.05 bits per heavy atom. The second-order valence-electron chi connectivity index (χ2n) is 7.54. The van der Waals surface area contributed by atoms with Gasteiger partial charge in [-0.05, 0) is 45.1 Å². The normalized spacial score (nSPS) is 31.0. The molecule has 0 aromatic heterocycles. The summed E-state index contributed by atoms with van der Waals surface area (Å²) in [5, 5.41) is 3.73. The van der Waals surface area contributed by atoms with Crippen LogP contribution in [0.25, 0.3) is 0 Å². The van der Waals surface area contributed by atoms with Crippen molar-refractivity contribution in [2.24, 2.45) is 5.41 Å². The Kier molecular flexibility index (Phi) is 6.97. The summed E-state index contributed by atoms with van der Waals surface area (Å²) in [6.07, 6.45) is 10.5. The fourth-order valence-corrected chi connectivity index (χ4v) is 4.29. The molecule has 3 nitrogen and oxygen atoms in total. The fourth-order valence-electron chi connectivity index (χ4n) is 4.29. The van der Waals surface area contributed by atoms with Crippen LogP contribution in [0.15, 0.2) is 0 Å². The van der Waals surface area contributed by atoms with Crippen LogP contribution < -0.4 is 5.32 Å². The molecule has 0 spiro atoms. The molecule has 0 radical (unpaired) electrons. The average molecular weight is 296 g/mol. The van der Waals surface area contributed by atoms with Crippen LogP contribution in [0, 0.1) is 5.41 Å². The van der Waals surface area contributed by atoms with E-state index in [2.05, 4.69) is 31.0 Å². The van der Waals surface area contributed by atoms with Crippen LogP contribution in [0.3, 0.4) is 0 Å². The van der Waals surface area contributed by atoms with Gasteiger partial charge in [0.1, 0.15) is 0 Å². The number of rotatable bonds is 6. The van der Waals surface area contributed by atoms with Gasteiger partial charge in [-0.15, -0.1) is 0 Å². The highest BCUT2D eigenvalue weighted by Crippen LogP contribution is 2.36. The topological polar surface area (TPSA) is 24.5 Å². The molecule has 2 rings (SSSR count). The molecule has 3 heteroatoms. The Morgan fingerprint density at radius 3 is 2.24 bits per heavy atom. The number of nitrogens with zero attached hydrogens (tertiary/aromatic N) is 1. The van der Waals surface area contributed by atoms with Crippen molar-refractivity contribution in [2.75, 3.05) is 32.7 Å². The Balaban J connectivity index is 1.96. The van der Waals surface area contributed by atoms with E-state index in [1.54, 1.807) is 0 Å². The van der Waals surface area contributed by atoms with Crippen molar-refractivity contribution in [2.45, 2.75) is 77.9 Å². The van der Waals surface area contributed by atoms with Crippen LogP contribution in [0.1, 0.15) is 65.7 Å². The van der Waals surface area contributed by atoms with Crippen LogP contribution in [0.5, 0.6) is 0 Å². The first-order chi connectivity index (χ1) is 10.1. The van der Waals surface area contributed by atoms with E-state index in [-0.39, 0.29) is 0 Å². The van der Waals surface area contributed by atoms with Gasteiger partial charge < -0.3 is 10.1 Å². The Bertz CT molecular complexity index is 277. The van der Waals surface area contributed by atoms with E-state index in [1.165, 1.54) is 58.0 Å². The molecule has 21 heavy (non-hydrogen) atoms. The maximum absolute atomic E-state index is 5.90. The molecule has 0 bridgehead atoms. The van der Waals surface area contributed by atoms with E-state index >= 15 is 0 Å². The van der Waals surface area contributed by atoms with E-state index in [0.29, 0.717) is 17.6 Å². The van der Waals surface area contributed by atoms with Crippen molar-refractivity contribution in [3.63, 3.8) is 0 Å². The van der Waals surface area contributed by atoms with Gasteiger partial charge in [0.15, 0.2) is 0 Å². The van der Waals surface area contributed by atoms with E-state index < -0.39 is 0 Å². The predicted octanol–water partition coefficient (Wildman–Crippen LogP) is 3.44. The molecule has 1 saturated heterocycles.